The molecule has 0 aliphatic carbocycles. The van der Waals surface area contributed by atoms with Gasteiger partial charge < -0.3 is 4.42 Å². The van der Waals surface area contributed by atoms with E-state index in [9.17, 15) is 4.79 Å². The van der Waals surface area contributed by atoms with Gasteiger partial charge in [-0.15, -0.1) is 6.42 Å². The molecule has 1 aromatic heterocycles. The lowest BCUT2D eigenvalue weighted by molar-refractivity contribution is 0.521. The summed E-state index contributed by atoms with van der Waals surface area (Å²) in [6, 6.07) is 4.96. The number of terminal acetylenes is 1. The Morgan fingerprint density at radius 3 is 3.07 bits per heavy atom. The third-order valence-corrected chi connectivity index (χ3v) is 2.11. The van der Waals surface area contributed by atoms with Gasteiger partial charge in [0.2, 0.25) is 0 Å². The molecule has 0 saturated carbocycles. The molecule has 0 spiro atoms. The van der Waals surface area contributed by atoms with E-state index in [-0.39, 0.29) is 6.54 Å². The van der Waals surface area contributed by atoms with Crippen LogP contribution < -0.4 is 5.76 Å². The second-order valence-corrected chi connectivity index (χ2v) is 3.21. The summed E-state index contributed by atoms with van der Waals surface area (Å²) in [5.41, 5.74) is 1.12. The van der Waals surface area contributed by atoms with Gasteiger partial charge in [0.05, 0.1) is 12.1 Å². The number of rotatable bonds is 1. The number of fused-ring (bicyclic) bond motifs is 1. The maximum absolute atomic E-state index is 11.3. The Morgan fingerprint density at radius 1 is 1.57 bits per heavy atom. The van der Waals surface area contributed by atoms with E-state index in [2.05, 4.69) is 5.92 Å². The molecule has 2 aromatic rings. The highest BCUT2D eigenvalue weighted by molar-refractivity contribution is 6.31. The van der Waals surface area contributed by atoms with Gasteiger partial charge in [0, 0.05) is 5.02 Å². The van der Waals surface area contributed by atoms with Crippen molar-refractivity contribution < 1.29 is 4.42 Å². The Labute approximate surface area is 84.9 Å². The molecule has 0 unspecified atom stereocenters. The Kier molecular flexibility index (Phi) is 2.06. The molecule has 0 saturated heterocycles. The van der Waals surface area contributed by atoms with Crippen LogP contribution in [-0.4, -0.2) is 4.57 Å². The van der Waals surface area contributed by atoms with E-state index >= 15 is 0 Å². The molecular formula is C10H6ClNO2. The molecule has 0 radical (unpaired) electrons. The molecule has 0 bridgehead atoms. The van der Waals surface area contributed by atoms with Gasteiger partial charge in [0.25, 0.3) is 0 Å². The van der Waals surface area contributed by atoms with Crippen molar-refractivity contribution in [2.75, 3.05) is 0 Å². The molecule has 70 valence electrons. The number of hydrogen-bond donors (Lipinski definition) is 0. The molecule has 14 heavy (non-hydrogen) atoms. The normalized spacial score (nSPS) is 10.3. The molecule has 0 aliphatic heterocycles. The van der Waals surface area contributed by atoms with Gasteiger partial charge in [-0.05, 0) is 18.2 Å². The Bertz CT molecular complexity index is 574. The second-order valence-electron chi connectivity index (χ2n) is 2.77. The molecule has 0 fully saturated rings. The quantitative estimate of drug-likeness (QED) is 0.670. The van der Waals surface area contributed by atoms with Gasteiger partial charge in [-0.25, -0.2) is 4.79 Å². The smallest absolute Gasteiger partial charge is 0.408 e. The fourth-order valence-corrected chi connectivity index (χ4v) is 1.44. The minimum atomic E-state index is -0.458. The summed E-state index contributed by atoms with van der Waals surface area (Å²) in [6.45, 7) is 0.187. The molecule has 0 N–H and O–H groups in total. The molecule has 0 atom stereocenters. The van der Waals surface area contributed by atoms with E-state index in [1.807, 2.05) is 0 Å². The van der Waals surface area contributed by atoms with Crippen LogP contribution in [0.25, 0.3) is 11.1 Å². The zero-order valence-corrected chi connectivity index (χ0v) is 7.91. The lowest BCUT2D eigenvalue weighted by Crippen LogP contribution is -2.12. The molecule has 3 nitrogen and oxygen atoms in total. The first-order valence-electron chi connectivity index (χ1n) is 3.95. The number of nitrogens with zero attached hydrogens (tertiary/aromatic N) is 1. The number of halogens is 1. The van der Waals surface area contributed by atoms with Gasteiger partial charge in [-0.2, -0.15) is 0 Å². The fourth-order valence-electron chi connectivity index (χ4n) is 1.28. The molecular weight excluding hydrogens is 202 g/mol. The Balaban J connectivity index is 2.81. The molecule has 1 heterocycles. The minimum Gasteiger partial charge on any atom is -0.408 e. The van der Waals surface area contributed by atoms with Gasteiger partial charge >= 0.3 is 5.76 Å². The van der Waals surface area contributed by atoms with Crippen molar-refractivity contribution in [3.8, 4) is 12.3 Å². The van der Waals surface area contributed by atoms with Gasteiger partial charge in [-0.3, -0.25) is 4.57 Å². The van der Waals surface area contributed by atoms with Crippen LogP contribution in [-0.2, 0) is 6.54 Å². The van der Waals surface area contributed by atoms with Gasteiger partial charge in [0.1, 0.15) is 0 Å². The fraction of sp³-hybridized carbons (Fsp3) is 0.100. The van der Waals surface area contributed by atoms with Gasteiger partial charge in [0.15, 0.2) is 5.58 Å². The van der Waals surface area contributed by atoms with Crippen LogP contribution in [0, 0.1) is 12.3 Å². The summed E-state index contributed by atoms with van der Waals surface area (Å²) in [6.07, 6.45) is 5.13. The second kappa shape index (κ2) is 3.24. The van der Waals surface area contributed by atoms with E-state index in [1.54, 1.807) is 18.2 Å². The van der Waals surface area contributed by atoms with E-state index in [4.69, 9.17) is 22.4 Å². The summed E-state index contributed by atoms with van der Waals surface area (Å²) in [4.78, 5) is 11.3. The third-order valence-electron chi connectivity index (χ3n) is 1.88. The lowest BCUT2D eigenvalue weighted by Gasteiger charge is -1.94. The lowest BCUT2D eigenvalue weighted by atomic mass is 10.3. The highest BCUT2D eigenvalue weighted by Gasteiger charge is 2.07. The maximum Gasteiger partial charge on any atom is 0.420 e. The largest absolute Gasteiger partial charge is 0.420 e. The van der Waals surface area contributed by atoms with E-state index in [0.717, 1.165) is 0 Å². The first-order valence-corrected chi connectivity index (χ1v) is 4.32. The standard InChI is InChI=1S/C10H6ClNO2/c1-2-5-12-8-6-7(11)3-4-9(8)14-10(12)13/h1,3-4,6H,5H2. The zero-order valence-electron chi connectivity index (χ0n) is 7.16. The average Bonchev–Trinajstić information content (AvgIpc) is 2.45. The van der Waals surface area contributed by atoms with E-state index < -0.39 is 5.76 Å². The summed E-state index contributed by atoms with van der Waals surface area (Å²) in [5, 5.41) is 0.545. The zero-order chi connectivity index (χ0) is 10.1. The van der Waals surface area contributed by atoms with Crippen LogP contribution in [0.2, 0.25) is 5.02 Å². The highest BCUT2D eigenvalue weighted by Crippen LogP contribution is 2.17. The van der Waals surface area contributed by atoms with Crippen molar-refractivity contribution >= 4 is 22.7 Å². The van der Waals surface area contributed by atoms with E-state index in [0.29, 0.717) is 16.1 Å². The predicted molar refractivity (Wildman–Crippen MR) is 54.3 cm³/mol. The summed E-state index contributed by atoms with van der Waals surface area (Å²) in [5.74, 6) is 1.92. The number of oxazole rings is 1. The SMILES string of the molecule is C#CCn1c(=O)oc2ccc(Cl)cc21. The van der Waals surface area contributed by atoms with Crippen LogP contribution in [0.15, 0.2) is 27.4 Å². The summed E-state index contributed by atoms with van der Waals surface area (Å²) >= 11 is 5.79. The van der Waals surface area contributed by atoms with E-state index in [1.165, 1.54) is 4.57 Å². The molecule has 2 rings (SSSR count). The summed E-state index contributed by atoms with van der Waals surface area (Å²) < 4.78 is 6.32. The molecule has 1 aromatic carbocycles. The average molecular weight is 208 g/mol. The van der Waals surface area contributed by atoms with Crippen molar-refractivity contribution in [1.29, 1.82) is 0 Å². The van der Waals surface area contributed by atoms with Crippen molar-refractivity contribution in [3.05, 3.63) is 33.8 Å². The third kappa shape index (κ3) is 1.30. The van der Waals surface area contributed by atoms with Crippen LogP contribution in [0.1, 0.15) is 0 Å². The first-order chi connectivity index (χ1) is 6.72. The molecule has 0 aliphatic rings. The van der Waals surface area contributed by atoms with Crippen molar-refractivity contribution in [2.24, 2.45) is 0 Å². The number of hydrogen-bond acceptors (Lipinski definition) is 2. The molecule has 4 heteroatoms. The van der Waals surface area contributed by atoms with Crippen molar-refractivity contribution in [3.63, 3.8) is 0 Å². The monoisotopic (exact) mass is 207 g/mol. The van der Waals surface area contributed by atoms with Crippen molar-refractivity contribution in [1.82, 2.24) is 4.57 Å². The van der Waals surface area contributed by atoms with Crippen LogP contribution in [0.5, 0.6) is 0 Å². The van der Waals surface area contributed by atoms with Crippen LogP contribution in [0.3, 0.4) is 0 Å². The predicted octanol–water partition coefficient (Wildman–Crippen LogP) is 1.88. The maximum atomic E-state index is 11.3. The van der Waals surface area contributed by atoms with Crippen molar-refractivity contribution in [2.45, 2.75) is 6.54 Å². The Hall–Kier alpha value is -1.66. The van der Waals surface area contributed by atoms with Crippen LogP contribution >= 0.6 is 11.6 Å². The number of benzene rings is 1. The highest BCUT2D eigenvalue weighted by atomic mass is 35.5. The molecule has 0 amide bonds. The summed E-state index contributed by atoms with van der Waals surface area (Å²) in [7, 11) is 0. The Morgan fingerprint density at radius 2 is 2.36 bits per heavy atom. The van der Waals surface area contributed by atoms with Crippen LogP contribution in [0.4, 0.5) is 0 Å². The topological polar surface area (TPSA) is 35.1 Å². The van der Waals surface area contributed by atoms with Gasteiger partial charge in [-0.1, -0.05) is 17.5 Å². The number of aromatic nitrogens is 1. The minimum absolute atomic E-state index is 0.187. The first kappa shape index (κ1) is 8.92.